The van der Waals surface area contributed by atoms with E-state index in [-0.39, 0.29) is 10.6 Å². The van der Waals surface area contributed by atoms with E-state index in [4.69, 9.17) is 17.3 Å². The molecular formula is C9H9ClF3N. The second kappa shape index (κ2) is 4.19. The molecule has 0 aliphatic rings. The van der Waals surface area contributed by atoms with Crippen molar-refractivity contribution >= 4 is 11.6 Å². The Hall–Kier alpha value is -0.740. The third-order valence-corrected chi connectivity index (χ3v) is 2.15. The van der Waals surface area contributed by atoms with Crippen LogP contribution >= 0.6 is 11.6 Å². The van der Waals surface area contributed by atoms with Crippen LogP contribution in [0.1, 0.15) is 5.56 Å². The van der Waals surface area contributed by atoms with Gasteiger partial charge in [0.15, 0.2) is 0 Å². The van der Waals surface area contributed by atoms with Crippen LogP contribution in [0.2, 0.25) is 5.02 Å². The second-order valence-corrected chi connectivity index (χ2v) is 3.34. The molecule has 78 valence electrons. The summed E-state index contributed by atoms with van der Waals surface area (Å²) in [5, 5.41) is -0.00174. The van der Waals surface area contributed by atoms with Crippen molar-refractivity contribution in [1.29, 1.82) is 0 Å². The highest BCUT2D eigenvalue weighted by molar-refractivity contribution is 6.31. The molecule has 1 aromatic carbocycles. The molecule has 0 amide bonds. The maximum absolute atomic E-state index is 13.1. The maximum Gasteiger partial charge on any atom is 0.264 e. The second-order valence-electron chi connectivity index (χ2n) is 2.94. The van der Waals surface area contributed by atoms with Gasteiger partial charge in [-0.3, -0.25) is 0 Å². The first-order valence-corrected chi connectivity index (χ1v) is 4.35. The van der Waals surface area contributed by atoms with Gasteiger partial charge in [-0.25, -0.2) is 13.2 Å². The SMILES string of the molecule is NCC(F)(F)Cc1c(F)cccc1Cl. The highest BCUT2D eigenvalue weighted by atomic mass is 35.5. The Labute approximate surface area is 84.7 Å². The summed E-state index contributed by atoms with van der Waals surface area (Å²) in [5.41, 5.74) is 4.65. The quantitative estimate of drug-likeness (QED) is 0.838. The average Bonchev–Trinajstić information content (AvgIpc) is 2.12. The van der Waals surface area contributed by atoms with E-state index in [0.29, 0.717) is 0 Å². The van der Waals surface area contributed by atoms with Gasteiger partial charge >= 0.3 is 0 Å². The number of hydrogen-bond donors (Lipinski definition) is 1. The van der Waals surface area contributed by atoms with Crippen LogP contribution < -0.4 is 5.73 Å². The van der Waals surface area contributed by atoms with Crippen molar-refractivity contribution in [3.63, 3.8) is 0 Å². The summed E-state index contributed by atoms with van der Waals surface area (Å²) in [6.07, 6.45) is -0.769. The van der Waals surface area contributed by atoms with E-state index in [0.717, 1.165) is 6.07 Å². The Morgan fingerprint density at radius 2 is 2.00 bits per heavy atom. The number of halogens is 4. The van der Waals surface area contributed by atoms with Crippen molar-refractivity contribution < 1.29 is 13.2 Å². The lowest BCUT2D eigenvalue weighted by Crippen LogP contribution is -2.30. The molecule has 1 nitrogen and oxygen atoms in total. The summed E-state index contributed by atoms with van der Waals surface area (Å²) in [6.45, 7) is -0.822. The minimum Gasteiger partial charge on any atom is -0.325 e. The van der Waals surface area contributed by atoms with Gasteiger partial charge in [-0.15, -0.1) is 0 Å². The molecule has 1 rings (SSSR count). The van der Waals surface area contributed by atoms with Crippen LogP contribution in [0, 0.1) is 5.82 Å². The molecule has 0 spiro atoms. The van der Waals surface area contributed by atoms with E-state index < -0.39 is 24.7 Å². The summed E-state index contributed by atoms with van der Waals surface area (Å²) in [6, 6.07) is 3.82. The molecule has 0 bridgehead atoms. The minimum absolute atomic E-state index is 0.00174. The van der Waals surface area contributed by atoms with Crippen molar-refractivity contribution in [3.8, 4) is 0 Å². The van der Waals surface area contributed by atoms with Crippen LogP contribution in [0.3, 0.4) is 0 Å². The lowest BCUT2D eigenvalue weighted by molar-refractivity contribution is 0.0107. The smallest absolute Gasteiger partial charge is 0.264 e. The van der Waals surface area contributed by atoms with Gasteiger partial charge in [0.05, 0.1) is 6.54 Å². The summed E-state index contributed by atoms with van der Waals surface area (Å²) in [4.78, 5) is 0. The zero-order valence-electron chi connectivity index (χ0n) is 7.24. The Kier molecular flexibility index (Phi) is 3.39. The standard InChI is InChI=1S/C9H9ClF3N/c10-7-2-1-3-8(11)6(7)4-9(12,13)5-14/h1-3H,4-5,14H2. The molecule has 0 heterocycles. The molecule has 0 atom stereocenters. The molecule has 0 aromatic heterocycles. The van der Waals surface area contributed by atoms with Crippen molar-refractivity contribution in [2.75, 3.05) is 6.54 Å². The van der Waals surface area contributed by atoms with E-state index in [1.54, 1.807) is 0 Å². The van der Waals surface area contributed by atoms with Crippen molar-refractivity contribution in [1.82, 2.24) is 0 Å². The zero-order valence-corrected chi connectivity index (χ0v) is 7.99. The fraction of sp³-hybridized carbons (Fsp3) is 0.333. The molecule has 14 heavy (non-hydrogen) atoms. The number of alkyl halides is 2. The van der Waals surface area contributed by atoms with Crippen molar-refractivity contribution in [3.05, 3.63) is 34.6 Å². The molecule has 2 N–H and O–H groups in total. The highest BCUT2D eigenvalue weighted by Crippen LogP contribution is 2.26. The van der Waals surface area contributed by atoms with Gasteiger partial charge in [0.1, 0.15) is 5.82 Å². The first-order valence-electron chi connectivity index (χ1n) is 3.97. The number of benzene rings is 1. The predicted octanol–water partition coefficient (Wildman–Crippen LogP) is 2.62. The third-order valence-electron chi connectivity index (χ3n) is 1.80. The zero-order chi connectivity index (χ0) is 10.8. The number of rotatable bonds is 3. The Bertz CT molecular complexity index is 308. The molecule has 0 aliphatic carbocycles. The maximum atomic E-state index is 13.1. The fourth-order valence-corrected chi connectivity index (χ4v) is 1.26. The third kappa shape index (κ3) is 2.62. The van der Waals surface area contributed by atoms with Gasteiger partial charge in [0, 0.05) is 17.0 Å². The molecule has 0 saturated carbocycles. The van der Waals surface area contributed by atoms with Gasteiger partial charge < -0.3 is 5.73 Å². The lowest BCUT2D eigenvalue weighted by atomic mass is 10.1. The minimum atomic E-state index is -3.12. The van der Waals surface area contributed by atoms with Crippen LogP contribution in [-0.2, 0) is 6.42 Å². The summed E-state index contributed by atoms with van der Waals surface area (Å²) >= 11 is 5.58. The van der Waals surface area contributed by atoms with Crippen LogP contribution in [0.5, 0.6) is 0 Å². The molecule has 0 aliphatic heterocycles. The largest absolute Gasteiger partial charge is 0.325 e. The molecule has 0 radical (unpaired) electrons. The van der Waals surface area contributed by atoms with Crippen molar-refractivity contribution in [2.45, 2.75) is 12.3 Å². The van der Waals surface area contributed by atoms with E-state index >= 15 is 0 Å². The topological polar surface area (TPSA) is 26.0 Å². The average molecular weight is 224 g/mol. The number of nitrogens with two attached hydrogens (primary N) is 1. The summed E-state index contributed by atoms with van der Waals surface area (Å²) < 4.78 is 38.8. The Balaban J connectivity index is 2.97. The fourth-order valence-electron chi connectivity index (χ4n) is 1.03. The lowest BCUT2D eigenvalue weighted by Gasteiger charge is -2.14. The first kappa shape index (κ1) is 11.3. The van der Waals surface area contributed by atoms with Gasteiger partial charge in [-0.05, 0) is 12.1 Å². The van der Waals surface area contributed by atoms with E-state index in [2.05, 4.69) is 0 Å². The van der Waals surface area contributed by atoms with Gasteiger partial charge in [-0.2, -0.15) is 0 Å². The van der Waals surface area contributed by atoms with Gasteiger partial charge in [0.25, 0.3) is 5.92 Å². The highest BCUT2D eigenvalue weighted by Gasteiger charge is 2.29. The molecule has 0 unspecified atom stereocenters. The van der Waals surface area contributed by atoms with Gasteiger partial charge in [0.2, 0.25) is 0 Å². The van der Waals surface area contributed by atoms with Crippen LogP contribution in [0.15, 0.2) is 18.2 Å². The Morgan fingerprint density at radius 1 is 1.36 bits per heavy atom. The van der Waals surface area contributed by atoms with Crippen molar-refractivity contribution in [2.24, 2.45) is 5.73 Å². The molecule has 0 fully saturated rings. The molecule has 5 heteroatoms. The molecule has 1 aromatic rings. The van der Waals surface area contributed by atoms with E-state index in [1.807, 2.05) is 0 Å². The Morgan fingerprint density at radius 3 is 2.50 bits per heavy atom. The number of hydrogen-bond acceptors (Lipinski definition) is 1. The van der Waals surface area contributed by atoms with E-state index in [9.17, 15) is 13.2 Å². The van der Waals surface area contributed by atoms with Crippen LogP contribution in [-0.4, -0.2) is 12.5 Å². The van der Waals surface area contributed by atoms with Gasteiger partial charge in [-0.1, -0.05) is 17.7 Å². The van der Waals surface area contributed by atoms with Crippen LogP contribution in [0.4, 0.5) is 13.2 Å². The molecule has 0 saturated heterocycles. The summed E-state index contributed by atoms with van der Waals surface area (Å²) in [7, 11) is 0. The van der Waals surface area contributed by atoms with Crippen LogP contribution in [0.25, 0.3) is 0 Å². The summed E-state index contributed by atoms with van der Waals surface area (Å²) in [5.74, 6) is -3.85. The van der Waals surface area contributed by atoms with E-state index in [1.165, 1.54) is 12.1 Å². The monoisotopic (exact) mass is 223 g/mol. The molecular weight excluding hydrogens is 215 g/mol. The normalized spacial score (nSPS) is 11.8. The predicted molar refractivity (Wildman–Crippen MR) is 49.1 cm³/mol. The first-order chi connectivity index (χ1) is 6.46.